The number of amides is 1. The zero-order chi connectivity index (χ0) is 20.1. The maximum absolute atomic E-state index is 13.2. The van der Waals surface area contributed by atoms with Crippen LogP contribution in [0.1, 0.15) is 17.5 Å². The Morgan fingerprint density at radius 2 is 1.86 bits per heavy atom. The van der Waals surface area contributed by atoms with Gasteiger partial charge in [-0.25, -0.2) is 4.39 Å². The number of fused-ring (bicyclic) bond motifs is 1. The van der Waals surface area contributed by atoms with Gasteiger partial charge in [-0.05, 0) is 48.2 Å². The maximum atomic E-state index is 13.2. The van der Waals surface area contributed by atoms with Crippen molar-refractivity contribution in [3.05, 3.63) is 65.6 Å². The topological polar surface area (TPSA) is 54.1 Å². The van der Waals surface area contributed by atoms with Gasteiger partial charge in [-0.2, -0.15) is 0 Å². The van der Waals surface area contributed by atoms with Gasteiger partial charge in [-0.15, -0.1) is 13.2 Å². The van der Waals surface area contributed by atoms with Crippen molar-refractivity contribution >= 4 is 16.8 Å². The second-order valence-electron chi connectivity index (χ2n) is 6.26. The third kappa shape index (κ3) is 5.25. The number of halogens is 4. The van der Waals surface area contributed by atoms with Crippen LogP contribution in [-0.4, -0.2) is 23.8 Å². The van der Waals surface area contributed by atoms with Gasteiger partial charge < -0.3 is 15.0 Å². The summed E-state index contributed by atoms with van der Waals surface area (Å²) in [5, 5.41) is 3.63. The van der Waals surface area contributed by atoms with Crippen LogP contribution < -0.4 is 10.1 Å². The van der Waals surface area contributed by atoms with E-state index in [1.54, 1.807) is 18.3 Å². The fraction of sp³-hybridized carbons (Fsp3) is 0.250. The molecule has 148 valence electrons. The molecule has 2 aromatic carbocycles. The number of H-pyrrole nitrogens is 1. The van der Waals surface area contributed by atoms with Crippen LogP contribution in [0.3, 0.4) is 0 Å². The van der Waals surface area contributed by atoms with Crippen LogP contribution in [0.15, 0.2) is 48.7 Å². The number of carbonyl (C=O) groups excluding carboxylic acids is 1. The van der Waals surface area contributed by atoms with E-state index >= 15 is 0 Å². The molecule has 0 saturated carbocycles. The Morgan fingerprint density at radius 1 is 1.07 bits per heavy atom. The number of ether oxygens (including phenoxy) is 1. The van der Waals surface area contributed by atoms with Gasteiger partial charge in [-0.1, -0.05) is 18.2 Å². The van der Waals surface area contributed by atoms with E-state index in [1.807, 2.05) is 0 Å². The van der Waals surface area contributed by atoms with E-state index in [2.05, 4.69) is 15.0 Å². The number of aryl methyl sites for hydroxylation is 1. The fourth-order valence-corrected chi connectivity index (χ4v) is 2.97. The van der Waals surface area contributed by atoms with Crippen molar-refractivity contribution in [2.75, 3.05) is 6.54 Å². The van der Waals surface area contributed by atoms with Crippen molar-refractivity contribution in [3.8, 4) is 5.75 Å². The van der Waals surface area contributed by atoms with Crippen LogP contribution in [0.4, 0.5) is 17.6 Å². The number of alkyl halides is 3. The number of para-hydroxylation sites is 1. The van der Waals surface area contributed by atoms with E-state index in [-0.39, 0.29) is 30.3 Å². The summed E-state index contributed by atoms with van der Waals surface area (Å²) in [4.78, 5) is 15.0. The molecule has 1 amide bonds. The number of aromatic amines is 1. The Labute approximate surface area is 158 Å². The summed E-state index contributed by atoms with van der Waals surface area (Å²) in [5.74, 6) is -0.898. The van der Waals surface area contributed by atoms with Crippen LogP contribution in [-0.2, 0) is 17.6 Å². The van der Waals surface area contributed by atoms with E-state index in [1.165, 1.54) is 30.3 Å². The highest BCUT2D eigenvalue weighted by Gasteiger charge is 2.31. The lowest BCUT2D eigenvalue weighted by Crippen LogP contribution is -2.26. The van der Waals surface area contributed by atoms with Crippen LogP contribution in [0.2, 0.25) is 0 Å². The first-order valence-electron chi connectivity index (χ1n) is 8.68. The Hall–Kier alpha value is -3.03. The lowest BCUT2D eigenvalue weighted by atomic mass is 10.1. The fourth-order valence-electron chi connectivity index (χ4n) is 2.97. The second-order valence-corrected chi connectivity index (χ2v) is 6.26. The summed E-state index contributed by atoms with van der Waals surface area (Å²) in [6, 6.07) is 10.2. The normalized spacial score (nSPS) is 11.6. The number of hydrogen-bond donors (Lipinski definition) is 2. The number of aromatic nitrogens is 1. The third-order valence-electron chi connectivity index (χ3n) is 4.27. The molecule has 0 aliphatic heterocycles. The molecule has 0 fully saturated rings. The second kappa shape index (κ2) is 8.33. The molecule has 8 heteroatoms. The number of nitrogens with one attached hydrogen (secondary N) is 2. The molecule has 4 nitrogen and oxygen atoms in total. The van der Waals surface area contributed by atoms with Crippen molar-refractivity contribution in [3.63, 3.8) is 0 Å². The third-order valence-corrected chi connectivity index (χ3v) is 4.27. The summed E-state index contributed by atoms with van der Waals surface area (Å²) in [7, 11) is 0. The quantitative estimate of drug-likeness (QED) is 0.580. The van der Waals surface area contributed by atoms with E-state index in [0.29, 0.717) is 24.0 Å². The standard InChI is InChI=1S/C20H18F4N2O2/c21-15-6-7-16-14(12-26-17(16)11-15)9-10-25-19(27)8-5-13-3-1-2-4-18(13)28-20(22,23)24/h1-4,6-7,11-12,26H,5,8-10H2,(H,25,27). The molecule has 3 aromatic rings. The molecule has 0 spiro atoms. The van der Waals surface area contributed by atoms with Gasteiger partial charge >= 0.3 is 6.36 Å². The van der Waals surface area contributed by atoms with Crippen LogP contribution in [0.25, 0.3) is 10.9 Å². The average molecular weight is 394 g/mol. The molecule has 2 N–H and O–H groups in total. The van der Waals surface area contributed by atoms with Gasteiger partial charge in [0.05, 0.1) is 0 Å². The summed E-state index contributed by atoms with van der Waals surface area (Å²) in [6.45, 7) is 0.365. The zero-order valence-electron chi connectivity index (χ0n) is 14.8. The highest BCUT2D eigenvalue weighted by molar-refractivity contribution is 5.83. The molecular formula is C20H18F4N2O2. The van der Waals surface area contributed by atoms with Crippen molar-refractivity contribution in [2.45, 2.75) is 25.6 Å². The molecule has 1 aromatic heterocycles. The van der Waals surface area contributed by atoms with Gasteiger partial charge in [0.15, 0.2) is 0 Å². The predicted molar refractivity (Wildman–Crippen MR) is 96.4 cm³/mol. The molecule has 0 radical (unpaired) electrons. The Kier molecular flexibility index (Phi) is 5.87. The van der Waals surface area contributed by atoms with Gasteiger partial charge in [0.1, 0.15) is 11.6 Å². The lowest BCUT2D eigenvalue weighted by Gasteiger charge is -2.13. The first-order valence-corrected chi connectivity index (χ1v) is 8.68. The van der Waals surface area contributed by atoms with E-state index in [4.69, 9.17) is 0 Å². The van der Waals surface area contributed by atoms with E-state index < -0.39 is 6.36 Å². The Balaban J connectivity index is 1.50. The zero-order valence-corrected chi connectivity index (χ0v) is 14.8. The molecule has 0 atom stereocenters. The van der Waals surface area contributed by atoms with Crippen molar-refractivity contribution in [1.82, 2.24) is 10.3 Å². The van der Waals surface area contributed by atoms with Gasteiger partial charge in [0, 0.05) is 30.1 Å². The number of benzene rings is 2. The Morgan fingerprint density at radius 3 is 2.64 bits per heavy atom. The predicted octanol–water partition coefficient (Wildman–Crippen LogP) is 4.50. The Bertz CT molecular complexity index is 966. The molecule has 0 aliphatic carbocycles. The first-order chi connectivity index (χ1) is 13.3. The molecule has 1 heterocycles. The molecule has 3 rings (SSSR count). The highest BCUT2D eigenvalue weighted by atomic mass is 19.4. The van der Waals surface area contributed by atoms with Gasteiger partial charge in [0.25, 0.3) is 0 Å². The van der Waals surface area contributed by atoms with Crippen molar-refractivity contribution < 1.29 is 27.1 Å². The minimum absolute atomic E-state index is 0.0390. The van der Waals surface area contributed by atoms with Gasteiger partial charge in [-0.3, -0.25) is 4.79 Å². The number of rotatable bonds is 7. The van der Waals surface area contributed by atoms with E-state index in [0.717, 1.165) is 10.9 Å². The first kappa shape index (κ1) is 19.7. The SMILES string of the molecule is O=C(CCc1ccccc1OC(F)(F)F)NCCc1c[nH]c2cc(F)ccc12. The number of carbonyl (C=O) groups is 1. The van der Waals surface area contributed by atoms with Gasteiger partial charge in [0.2, 0.25) is 5.91 Å². The highest BCUT2D eigenvalue weighted by Crippen LogP contribution is 2.27. The van der Waals surface area contributed by atoms with Crippen LogP contribution >= 0.6 is 0 Å². The molecule has 0 unspecified atom stereocenters. The van der Waals surface area contributed by atoms with Crippen LogP contribution in [0, 0.1) is 5.82 Å². The average Bonchev–Trinajstić information content (AvgIpc) is 3.02. The molecule has 0 bridgehead atoms. The smallest absolute Gasteiger partial charge is 0.406 e. The largest absolute Gasteiger partial charge is 0.573 e. The molecule has 0 saturated heterocycles. The van der Waals surface area contributed by atoms with Crippen molar-refractivity contribution in [1.29, 1.82) is 0 Å². The minimum Gasteiger partial charge on any atom is -0.406 e. The molecule has 0 aliphatic rings. The number of hydrogen-bond acceptors (Lipinski definition) is 2. The maximum Gasteiger partial charge on any atom is 0.573 e. The summed E-state index contributed by atoms with van der Waals surface area (Å²) in [6.07, 6.45) is -2.30. The summed E-state index contributed by atoms with van der Waals surface area (Å²) in [5.41, 5.74) is 1.94. The van der Waals surface area contributed by atoms with Crippen molar-refractivity contribution in [2.24, 2.45) is 0 Å². The minimum atomic E-state index is -4.78. The lowest BCUT2D eigenvalue weighted by molar-refractivity contribution is -0.274. The molecular weight excluding hydrogens is 376 g/mol. The molecule has 28 heavy (non-hydrogen) atoms. The van der Waals surface area contributed by atoms with Crippen LogP contribution in [0.5, 0.6) is 5.75 Å². The summed E-state index contributed by atoms with van der Waals surface area (Å²) >= 11 is 0. The monoisotopic (exact) mass is 394 g/mol. The van der Waals surface area contributed by atoms with E-state index in [9.17, 15) is 22.4 Å². The summed E-state index contributed by atoms with van der Waals surface area (Å²) < 4.78 is 54.5.